The number of nitrogens with one attached hydrogen (secondary N) is 2. The molecule has 0 saturated heterocycles. The second-order valence-corrected chi connectivity index (χ2v) is 5.38. The Balaban J connectivity index is 1.59. The van der Waals surface area contributed by atoms with Crippen molar-refractivity contribution in [2.45, 2.75) is 44.4 Å². The van der Waals surface area contributed by atoms with Crippen LogP contribution in [0.4, 0.5) is 5.69 Å². The number of fused-ring (bicyclic) bond motifs is 1. The first-order chi connectivity index (χ1) is 8.86. The minimum atomic E-state index is 0.480. The van der Waals surface area contributed by atoms with Crippen molar-refractivity contribution in [3.05, 3.63) is 29.3 Å². The van der Waals surface area contributed by atoms with Crippen LogP contribution >= 0.6 is 0 Å². The molecule has 1 heterocycles. The molecule has 2 aliphatic rings. The molecule has 1 aromatic rings. The molecule has 0 radical (unpaired) electrons. The van der Waals surface area contributed by atoms with Crippen LogP contribution in [0.1, 0.15) is 30.4 Å². The molecule has 3 nitrogen and oxygen atoms in total. The lowest BCUT2D eigenvalue weighted by atomic mass is 9.89. The third kappa shape index (κ3) is 2.38. The van der Waals surface area contributed by atoms with Gasteiger partial charge in [0.25, 0.3) is 0 Å². The molecule has 1 fully saturated rings. The Hall–Kier alpha value is -1.06. The van der Waals surface area contributed by atoms with Crippen molar-refractivity contribution in [1.29, 1.82) is 0 Å². The van der Waals surface area contributed by atoms with Gasteiger partial charge in [0, 0.05) is 31.9 Å². The Bertz CT molecular complexity index is 413. The zero-order valence-electron chi connectivity index (χ0n) is 11.0. The molecule has 1 saturated carbocycles. The third-order valence-corrected chi connectivity index (χ3v) is 4.20. The monoisotopic (exact) mass is 246 g/mol. The van der Waals surface area contributed by atoms with Gasteiger partial charge in [0.2, 0.25) is 0 Å². The van der Waals surface area contributed by atoms with E-state index in [1.807, 2.05) is 0 Å². The van der Waals surface area contributed by atoms with Crippen molar-refractivity contribution < 1.29 is 4.74 Å². The predicted octanol–water partition coefficient (Wildman–Crippen LogP) is 2.31. The van der Waals surface area contributed by atoms with Crippen LogP contribution in [0.25, 0.3) is 0 Å². The maximum absolute atomic E-state index is 5.31. The number of anilines is 1. The van der Waals surface area contributed by atoms with Gasteiger partial charge in [-0.25, -0.2) is 0 Å². The molecular weight excluding hydrogens is 224 g/mol. The fourth-order valence-electron chi connectivity index (χ4n) is 2.93. The van der Waals surface area contributed by atoms with Crippen LogP contribution in [-0.2, 0) is 17.7 Å². The van der Waals surface area contributed by atoms with Gasteiger partial charge < -0.3 is 15.4 Å². The lowest BCUT2D eigenvalue weighted by Gasteiger charge is -2.35. The Morgan fingerprint density at radius 2 is 2.28 bits per heavy atom. The van der Waals surface area contributed by atoms with Gasteiger partial charge in [-0.15, -0.1) is 0 Å². The van der Waals surface area contributed by atoms with E-state index in [9.17, 15) is 0 Å². The summed E-state index contributed by atoms with van der Waals surface area (Å²) in [7, 11) is 1.81. The minimum Gasteiger partial charge on any atom is -0.385 e. The van der Waals surface area contributed by atoms with Gasteiger partial charge in [0.1, 0.15) is 0 Å². The first-order valence-corrected chi connectivity index (χ1v) is 6.97. The molecule has 1 aliphatic carbocycles. The first-order valence-electron chi connectivity index (χ1n) is 6.97. The highest BCUT2D eigenvalue weighted by atomic mass is 16.5. The molecule has 1 aromatic carbocycles. The highest BCUT2D eigenvalue weighted by Crippen LogP contribution is 2.27. The molecule has 1 aliphatic heterocycles. The molecule has 18 heavy (non-hydrogen) atoms. The summed E-state index contributed by atoms with van der Waals surface area (Å²) in [5, 5.41) is 7.13. The van der Waals surface area contributed by atoms with Crippen molar-refractivity contribution in [3.8, 4) is 0 Å². The van der Waals surface area contributed by atoms with Gasteiger partial charge in [0.05, 0.1) is 6.10 Å². The van der Waals surface area contributed by atoms with Gasteiger partial charge >= 0.3 is 0 Å². The van der Waals surface area contributed by atoms with Crippen molar-refractivity contribution in [3.63, 3.8) is 0 Å². The SMILES string of the molecule is COC1CC(NCc2cccc3c2CCCN3)C1. The van der Waals surface area contributed by atoms with E-state index in [1.165, 1.54) is 29.7 Å². The molecule has 0 atom stereocenters. The van der Waals surface area contributed by atoms with E-state index in [2.05, 4.69) is 28.8 Å². The predicted molar refractivity (Wildman–Crippen MR) is 73.9 cm³/mol. The number of methoxy groups -OCH3 is 1. The number of benzene rings is 1. The van der Waals surface area contributed by atoms with Crippen molar-refractivity contribution in [1.82, 2.24) is 5.32 Å². The van der Waals surface area contributed by atoms with E-state index >= 15 is 0 Å². The number of hydrogen-bond donors (Lipinski definition) is 2. The molecule has 0 unspecified atom stereocenters. The lowest BCUT2D eigenvalue weighted by molar-refractivity contribution is 0.0170. The zero-order valence-corrected chi connectivity index (χ0v) is 11.0. The topological polar surface area (TPSA) is 33.3 Å². The average Bonchev–Trinajstić information content (AvgIpc) is 2.37. The van der Waals surface area contributed by atoms with Crippen LogP contribution in [0.3, 0.4) is 0 Å². The minimum absolute atomic E-state index is 0.480. The number of rotatable bonds is 4. The zero-order chi connectivity index (χ0) is 12.4. The summed E-state index contributed by atoms with van der Waals surface area (Å²) in [6.45, 7) is 2.11. The summed E-state index contributed by atoms with van der Waals surface area (Å²) in [5.41, 5.74) is 4.31. The van der Waals surface area contributed by atoms with Crippen LogP contribution in [0, 0.1) is 0 Å². The lowest BCUT2D eigenvalue weighted by Crippen LogP contribution is -2.44. The summed E-state index contributed by atoms with van der Waals surface area (Å²) in [6, 6.07) is 7.25. The molecule has 2 N–H and O–H groups in total. The molecule has 3 rings (SSSR count). The fraction of sp³-hybridized carbons (Fsp3) is 0.600. The summed E-state index contributed by atoms with van der Waals surface area (Å²) >= 11 is 0. The quantitative estimate of drug-likeness (QED) is 0.855. The normalized spacial score (nSPS) is 26.1. The average molecular weight is 246 g/mol. The maximum Gasteiger partial charge on any atom is 0.0601 e. The number of ether oxygens (including phenoxy) is 1. The summed E-state index contributed by atoms with van der Waals surface area (Å²) in [4.78, 5) is 0. The van der Waals surface area contributed by atoms with E-state index < -0.39 is 0 Å². The highest BCUT2D eigenvalue weighted by molar-refractivity contribution is 5.56. The largest absolute Gasteiger partial charge is 0.385 e. The second-order valence-electron chi connectivity index (χ2n) is 5.38. The van der Waals surface area contributed by atoms with Gasteiger partial charge in [0.15, 0.2) is 0 Å². The highest BCUT2D eigenvalue weighted by Gasteiger charge is 2.28. The van der Waals surface area contributed by atoms with Crippen LogP contribution in [0.5, 0.6) is 0 Å². The van der Waals surface area contributed by atoms with Crippen LogP contribution < -0.4 is 10.6 Å². The fourth-order valence-corrected chi connectivity index (χ4v) is 2.93. The van der Waals surface area contributed by atoms with Crippen molar-refractivity contribution >= 4 is 5.69 Å². The maximum atomic E-state index is 5.31. The van der Waals surface area contributed by atoms with E-state index in [0.717, 1.165) is 25.9 Å². The smallest absolute Gasteiger partial charge is 0.0601 e. The summed E-state index contributed by atoms with van der Waals surface area (Å²) in [5.74, 6) is 0. The van der Waals surface area contributed by atoms with Crippen molar-refractivity contribution in [2.24, 2.45) is 0 Å². The summed E-state index contributed by atoms with van der Waals surface area (Å²) in [6.07, 6.45) is 5.26. The standard InChI is InChI=1S/C15H22N2O/c1-18-13-8-12(9-13)17-10-11-4-2-6-15-14(11)5-3-7-16-15/h2,4,6,12-13,16-17H,3,5,7-10H2,1H3. The Kier molecular flexibility index (Phi) is 3.52. The molecule has 0 aromatic heterocycles. The van der Waals surface area contributed by atoms with E-state index in [1.54, 1.807) is 7.11 Å². The van der Waals surface area contributed by atoms with Crippen LogP contribution in [0.15, 0.2) is 18.2 Å². The van der Waals surface area contributed by atoms with Crippen LogP contribution in [0.2, 0.25) is 0 Å². The third-order valence-electron chi connectivity index (χ3n) is 4.20. The summed E-state index contributed by atoms with van der Waals surface area (Å²) < 4.78 is 5.31. The molecular formula is C15H22N2O. The van der Waals surface area contributed by atoms with Gasteiger partial charge in [-0.3, -0.25) is 0 Å². The Morgan fingerprint density at radius 1 is 1.39 bits per heavy atom. The Labute approximate surface area is 109 Å². The van der Waals surface area contributed by atoms with Crippen LogP contribution in [-0.4, -0.2) is 25.8 Å². The van der Waals surface area contributed by atoms with E-state index in [0.29, 0.717) is 12.1 Å². The molecule has 0 bridgehead atoms. The van der Waals surface area contributed by atoms with E-state index in [-0.39, 0.29) is 0 Å². The van der Waals surface area contributed by atoms with Gasteiger partial charge in [-0.05, 0) is 42.9 Å². The van der Waals surface area contributed by atoms with E-state index in [4.69, 9.17) is 4.74 Å². The molecule has 3 heteroatoms. The number of hydrogen-bond acceptors (Lipinski definition) is 3. The van der Waals surface area contributed by atoms with Gasteiger partial charge in [-0.1, -0.05) is 12.1 Å². The molecule has 0 spiro atoms. The molecule has 98 valence electrons. The van der Waals surface area contributed by atoms with Gasteiger partial charge in [-0.2, -0.15) is 0 Å². The van der Waals surface area contributed by atoms with Crippen molar-refractivity contribution in [2.75, 3.05) is 19.0 Å². The Morgan fingerprint density at radius 3 is 3.11 bits per heavy atom. The molecule has 0 amide bonds. The second kappa shape index (κ2) is 5.29. The first kappa shape index (κ1) is 12.0.